The molecule has 0 fully saturated rings. The highest BCUT2D eigenvalue weighted by atomic mass is 79.9. The number of aliphatic hydroxyl groups excluding tert-OH is 1. The first-order chi connectivity index (χ1) is 9.66. The number of halogens is 2. The molecule has 2 aromatic carbocycles. The standard InChI is InChI=1S/C16H11BrClNO/c17-14-9-10(18)6-7-13(14)16(20)12-3-1-5-15-11(12)4-2-8-19-15/h1-9,16,20H. The third-order valence-corrected chi connectivity index (χ3v) is 4.15. The fraction of sp³-hybridized carbons (Fsp3) is 0.0625. The molecule has 0 spiro atoms. The number of benzene rings is 2. The maximum absolute atomic E-state index is 10.7. The van der Waals surface area contributed by atoms with E-state index >= 15 is 0 Å². The van der Waals surface area contributed by atoms with Crippen LogP contribution in [0.1, 0.15) is 17.2 Å². The Bertz CT molecular complexity index is 770. The van der Waals surface area contributed by atoms with Gasteiger partial charge in [-0.25, -0.2) is 0 Å². The van der Waals surface area contributed by atoms with Crippen molar-refractivity contribution in [1.82, 2.24) is 4.98 Å². The lowest BCUT2D eigenvalue weighted by atomic mass is 9.98. The monoisotopic (exact) mass is 347 g/mol. The quantitative estimate of drug-likeness (QED) is 0.726. The zero-order valence-electron chi connectivity index (χ0n) is 10.4. The number of aromatic nitrogens is 1. The molecule has 0 radical (unpaired) electrons. The highest BCUT2D eigenvalue weighted by Gasteiger charge is 2.16. The number of aliphatic hydroxyl groups is 1. The number of hydrogen-bond donors (Lipinski definition) is 1. The molecule has 1 atom stereocenters. The molecule has 0 bridgehead atoms. The zero-order chi connectivity index (χ0) is 14.1. The van der Waals surface area contributed by atoms with Gasteiger partial charge < -0.3 is 5.11 Å². The SMILES string of the molecule is OC(c1ccc(Cl)cc1Br)c1cccc2ncccc12. The average Bonchev–Trinajstić information content (AvgIpc) is 2.46. The lowest BCUT2D eigenvalue weighted by Crippen LogP contribution is -2.01. The molecular weight excluding hydrogens is 338 g/mol. The van der Waals surface area contributed by atoms with Crippen molar-refractivity contribution in [3.8, 4) is 0 Å². The predicted octanol–water partition coefficient (Wildman–Crippen LogP) is 4.73. The summed E-state index contributed by atoms with van der Waals surface area (Å²) in [5, 5.41) is 12.2. The van der Waals surface area contributed by atoms with Crippen LogP contribution in [0.3, 0.4) is 0 Å². The zero-order valence-corrected chi connectivity index (χ0v) is 12.8. The van der Waals surface area contributed by atoms with E-state index < -0.39 is 6.10 Å². The third kappa shape index (κ3) is 2.44. The van der Waals surface area contributed by atoms with Crippen molar-refractivity contribution in [2.24, 2.45) is 0 Å². The second kappa shape index (κ2) is 5.52. The topological polar surface area (TPSA) is 33.1 Å². The van der Waals surface area contributed by atoms with Gasteiger partial charge in [0.1, 0.15) is 6.10 Å². The minimum Gasteiger partial charge on any atom is -0.384 e. The van der Waals surface area contributed by atoms with E-state index in [-0.39, 0.29) is 0 Å². The van der Waals surface area contributed by atoms with Crippen LogP contribution in [0.2, 0.25) is 5.02 Å². The fourth-order valence-corrected chi connectivity index (χ4v) is 3.16. The van der Waals surface area contributed by atoms with Gasteiger partial charge in [0.25, 0.3) is 0 Å². The smallest absolute Gasteiger partial charge is 0.106 e. The maximum Gasteiger partial charge on any atom is 0.106 e. The third-order valence-electron chi connectivity index (χ3n) is 3.23. The van der Waals surface area contributed by atoms with E-state index in [0.29, 0.717) is 5.02 Å². The molecule has 3 aromatic rings. The summed E-state index contributed by atoms with van der Waals surface area (Å²) in [7, 11) is 0. The number of nitrogens with zero attached hydrogens (tertiary/aromatic N) is 1. The van der Waals surface area contributed by atoms with Gasteiger partial charge in [0, 0.05) is 21.1 Å². The van der Waals surface area contributed by atoms with Crippen molar-refractivity contribution in [3.05, 3.63) is 75.4 Å². The molecule has 20 heavy (non-hydrogen) atoms. The van der Waals surface area contributed by atoms with Gasteiger partial charge in [-0.15, -0.1) is 0 Å². The summed E-state index contributed by atoms with van der Waals surface area (Å²) in [4.78, 5) is 4.31. The molecule has 0 aliphatic carbocycles. The van der Waals surface area contributed by atoms with E-state index in [4.69, 9.17) is 11.6 Å². The van der Waals surface area contributed by atoms with E-state index in [9.17, 15) is 5.11 Å². The summed E-state index contributed by atoms with van der Waals surface area (Å²) in [5.41, 5.74) is 2.48. The molecule has 0 amide bonds. The molecule has 0 aliphatic heterocycles. The average molecular weight is 349 g/mol. The highest BCUT2D eigenvalue weighted by molar-refractivity contribution is 9.10. The van der Waals surface area contributed by atoms with Crippen LogP contribution in [-0.4, -0.2) is 10.1 Å². The molecule has 4 heteroatoms. The number of fused-ring (bicyclic) bond motifs is 1. The largest absolute Gasteiger partial charge is 0.384 e. The van der Waals surface area contributed by atoms with Crippen molar-refractivity contribution in [3.63, 3.8) is 0 Å². The highest BCUT2D eigenvalue weighted by Crippen LogP contribution is 2.33. The summed E-state index contributed by atoms with van der Waals surface area (Å²) in [6.07, 6.45) is 1.02. The van der Waals surface area contributed by atoms with Crippen molar-refractivity contribution < 1.29 is 5.11 Å². The van der Waals surface area contributed by atoms with Gasteiger partial charge in [0.05, 0.1) is 5.52 Å². The molecule has 1 unspecified atom stereocenters. The lowest BCUT2D eigenvalue weighted by molar-refractivity contribution is 0.221. The van der Waals surface area contributed by atoms with E-state index in [0.717, 1.165) is 26.5 Å². The van der Waals surface area contributed by atoms with Gasteiger partial charge in [-0.2, -0.15) is 0 Å². The Hall–Kier alpha value is -1.42. The Morgan fingerprint density at radius 1 is 1.05 bits per heavy atom. The van der Waals surface area contributed by atoms with Gasteiger partial charge >= 0.3 is 0 Å². The van der Waals surface area contributed by atoms with E-state index in [1.165, 1.54) is 0 Å². The van der Waals surface area contributed by atoms with Crippen LogP contribution in [0.25, 0.3) is 10.9 Å². The van der Waals surface area contributed by atoms with Crippen LogP contribution in [0, 0.1) is 0 Å². The molecule has 1 aromatic heterocycles. The van der Waals surface area contributed by atoms with Crippen molar-refractivity contribution in [2.45, 2.75) is 6.10 Å². The van der Waals surface area contributed by atoms with E-state index in [1.807, 2.05) is 36.4 Å². The van der Waals surface area contributed by atoms with Crippen LogP contribution in [-0.2, 0) is 0 Å². The Balaban J connectivity index is 2.15. The Kier molecular flexibility index (Phi) is 3.74. The molecular formula is C16H11BrClNO. The summed E-state index contributed by atoms with van der Waals surface area (Å²) >= 11 is 9.39. The summed E-state index contributed by atoms with van der Waals surface area (Å²) < 4.78 is 0.790. The van der Waals surface area contributed by atoms with Crippen molar-refractivity contribution in [1.29, 1.82) is 0 Å². The van der Waals surface area contributed by atoms with Gasteiger partial charge in [-0.05, 0) is 35.4 Å². The van der Waals surface area contributed by atoms with Crippen LogP contribution >= 0.6 is 27.5 Å². The molecule has 0 saturated carbocycles. The van der Waals surface area contributed by atoms with Crippen LogP contribution in [0.5, 0.6) is 0 Å². The summed E-state index contributed by atoms with van der Waals surface area (Å²) in [6, 6.07) is 15.0. The van der Waals surface area contributed by atoms with Crippen LogP contribution in [0.4, 0.5) is 0 Å². The minimum absolute atomic E-state index is 0.632. The molecule has 1 N–H and O–H groups in total. The van der Waals surface area contributed by atoms with Crippen molar-refractivity contribution >= 4 is 38.4 Å². The number of rotatable bonds is 2. The van der Waals surface area contributed by atoms with Gasteiger partial charge in [-0.3, -0.25) is 4.98 Å². The van der Waals surface area contributed by atoms with E-state index in [1.54, 1.807) is 18.3 Å². The second-order valence-electron chi connectivity index (χ2n) is 4.49. The first-order valence-electron chi connectivity index (χ1n) is 6.13. The Morgan fingerprint density at radius 3 is 2.70 bits per heavy atom. The first kappa shape index (κ1) is 13.6. The normalized spacial score (nSPS) is 12.6. The van der Waals surface area contributed by atoms with E-state index in [2.05, 4.69) is 20.9 Å². The Morgan fingerprint density at radius 2 is 1.90 bits per heavy atom. The molecule has 2 nitrogen and oxygen atoms in total. The molecule has 0 saturated heterocycles. The Labute approximate surface area is 130 Å². The minimum atomic E-state index is -0.727. The molecule has 3 rings (SSSR count). The second-order valence-corrected chi connectivity index (χ2v) is 5.78. The summed E-state index contributed by atoms with van der Waals surface area (Å²) in [6.45, 7) is 0. The van der Waals surface area contributed by atoms with Crippen LogP contribution < -0.4 is 0 Å². The summed E-state index contributed by atoms with van der Waals surface area (Å²) in [5.74, 6) is 0. The lowest BCUT2D eigenvalue weighted by Gasteiger charge is -2.15. The maximum atomic E-state index is 10.7. The van der Waals surface area contributed by atoms with Gasteiger partial charge in [-0.1, -0.05) is 51.8 Å². The fourth-order valence-electron chi connectivity index (χ4n) is 2.26. The van der Waals surface area contributed by atoms with Crippen LogP contribution in [0.15, 0.2) is 59.2 Å². The molecule has 100 valence electrons. The molecule has 1 heterocycles. The first-order valence-corrected chi connectivity index (χ1v) is 7.30. The molecule has 0 aliphatic rings. The van der Waals surface area contributed by atoms with Crippen molar-refractivity contribution in [2.75, 3.05) is 0 Å². The van der Waals surface area contributed by atoms with Gasteiger partial charge in [0.15, 0.2) is 0 Å². The van der Waals surface area contributed by atoms with Gasteiger partial charge in [0.2, 0.25) is 0 Å². The number of hydrogen-bond acceptors (Lipinski definition) is 2. The predicted molar refractivity (Wildman–Crippen MR) is 85.0 cm³/mol. The number of pyridine rings is 1.